The Bertz CT molecular complexity index is 398. The summed E-state index contributed by atoms with van der Waals surface area (Å²) in [6, 6.07) is 8.35. The van der Waals surface area contributed by atoms with E-state index in [-0.39, 0.29) is 12.1 Å². The van der Waals surface area contributed by atoms with E-state index in [1.165, 1.54) is 12.0 Å². The molecule has 0 amide bonds. The summed E-state index contributed by atoms with van der Waals surface area (Å²) in [5.74, 6) is 1.53. The van der Waals surface area contributed by atoms with Gasteiger partial charge in [0.25, 0.3) is 0 Å². The summed E-state index contributed by atoms with van der Waals surface area (Å²) in [4.78, 5) is 0. The Kier molecular flexibility index (Phi) is 3.17. The van der Waals surface area contributed by atoms with Crippen LogP contribution in [-0.2, 0) is 0 Å². The Labute approximate surface area is 104 Å². The average molecular weight is 233 g/mol. The second-order valence-corrected chi connectivity index (χ2v) is 6.06. The zero-order valence-corrected chi connectivity index (χ0v) is 11.2. The minimum absolute atomic E-state index is 0.140. The van der Waals surface area contributed by atoms with Gasteiger partial charge in [-0.05, 0) is 49.3 Å². The Balaban J connectivity index is 2.11. The topological polar surface area (TPSA) is 35.2 Å². The predicted octanol–water partition coefficient (Wildman–Crippen LogP) is 3.52. The largest absolute Gasteiger partial charge is 0.491 e. The van der Waals surface area contributed by atoms with Gasteiger partial charge in [-0.3, -0.25) is 0 Å². The molecule has 94 valence electrons. The second kappa shape index (κ2) is 4.34. The highest BCUT2D eigenvalue weighted by atomic mass is 16.5. The molecule has 0 bridgehead atoms. The van der Waals surface area contributed by atoms with Crippen LogP contribution in [0, 0.1) is 11.3 Å². The molecule has 1 aromatic rings. The Morgan fingerprint density at radius 2 is 2.00 bits per heavy atom. The molecular formula is C15H23NO. The van der Waals surface area contributed by atoms with Crippen LogP contribution in [0.5, 0.6) is 5.75 Å². The quantitative estimate of drug-likeness (QED) is 0.863. The number of hydrogen-bond donors (Lipinski definition) is 1. The van der Waals surface area contributed by atoms with Crippen molar-refractivity contribution in [1.82, 2.24) is 0 Å². The van der Waals surface area contributed by atoms with Crippen LogP contribution in [-0.4, -0.2) is 6.10 Å². The number of nitrogens with two attached hydrogens (primary N) is 1. The molecule has 1 saturated carbocycles. The standard InChI is InChI=1S/C15H23NO/c1-10(2)17-12-7-5-6-11(8-12)14(16)13-9-15(13,3)4/h5-8,10,13-14H,9,16H2,1-4H3. The van der Waals surface area contributed by atoms with Gasteiger partial charge in [0.2, 0.25) is 0 Å². The van der Waals surface area contributed by atoms with Crippen molar-refractivity contribution in [1.29, 1.82) is 0 Å². The van der Waals surface area contributed by atoms with Crippen LogP contribution in [0.4, 0.5) is 0 Å². The lowest BCUT2D eigenvalue weighted by atomic mass is 9.98. The van der Waals surface area contributed by atoms with Crippen molar-refractivity contribution >= 4 is 0 Å². The van der Waals surface area contributed by atoms with Crippen LogP contribution in [0.1, 0.15) is 45.7 Å². The van der Waals surface area contributed by atoms with Crippen LogP contribution in [0.25, 0.3) is 0 Å². The van der Waals surface area contributed by atoms with Crippen molar-refractivity contribution in [2.75, 3.05) is 0 Å². The van der Waals surface area contributed by atoms with Crippen LogP contribution in [0.2, 0.25) is 0 Å². The molecule has 2 unspecified atom stereocenters. The highest BCUT2D eigenvalue weighted by Gasteiger charge is 2.49. The molecule has 1 fully saturated rings. The van der Waals surface area contributed by atoms with Gasteiger partial charge >= 0.3 is 0 Å². The SMILES string of the molecule is CC(C)Oc1cccc(C(N)C2CC2(C)C)c1. The lowest BCUT2D eigenvalue weighted by Gasteiger charge is -2.16. The first kappa shape index (κ1) is 12.4. The van der Waals surface area contributed by atoms with Gasteiger partial charge in [-0.1, -0.05) is 26.0 Å². The van der Waals surface area contributed by atoms with Crippen molar-refractivity contribution < 1.29 is 4.74 Å². The fourth-order valence-corrected chi connectivity index (χ4v) is 2.42. The summed E-state index contributed by atoms with van der Waals surface area (Å²) in [6.45, 7) is 8.64. The van der Waals surface area contributed by atoms with Crippen molar-refractivity contribution in [2.24, 2.45) is 17.1 Å². The fraction of sp³-hybridized carbons (Fsp3) is 0.600. The van der Waals surface area contributed by atoms with E-state index in [2.05, 4.69) is 26.0 Å². The van der Waals surface area contributed by atoms with E-state index < -0.39 is 0 Å². The minimum Gasteiger partial charge on any atom is -0.491 e. The molecule has 2 nitrogen and oxygen atoms in total. The van der Waals surface area contributed by atoms with Crippen LogP contribution < -0.4 is 10.5 Å². The van der Waals surface area contributed by atoms with E-state index in [0.29, 0.717) is 11.3 Å². The third-order valence-corrected chi connectivity index (χ3v) is 3.64. The number of benzene rings is 1. The lowest BCUT2D eigenvalue weighted by molar-refractivity contribution is 0.242. The molecule has 1 aliphatic rings. The number of ether oxygens (including phenoxy) is 1. The summed E-state index contributed by atoms with van der Waals surface area (Å²) < 4.78 is 5.70. The summed E-state index contributed by atoms with van der Waals surface area (Å²) in [5, 5.41) is 0. The molecule has 2 heteroatoms. The maximum atomic E-state index is 6.32. The molecule has 0 radical (unpaired) electrons. The molecule has 0 aromatic heterocycles. The first-order chi connectivity index (χ1) is 7.90. The first-order valence-corrected chi connectivity index (χ1v) is 6.42. The van der Waals surface area contributed by atoms with Crippen molar-refractivity contribution in [2.45, 2.75) is 46.3 Å². The molecule has 2 atom stereocenters. The molecule has 2 N–H and O–H groups in total. The van der Waals surface area contributed by atoms with Gasteiger partial charge in [-0.2, -0.15) is 0 Å². The molecule has 17 heavy (non-hydrogen) atoms. The van der Waals surface area contributed by atoms with Gasteiger partial charge in [-0.25, -0.2) is 0 Å². The van der Waals surface area contributed by atoms with Crippen LogP contribution >= 0.6 is 0 Å². The zero-order valence-electron chi connectivity index (χ0n) is 11.2. The Morgan fingerprint density at radius 3 is 2.53 bits per heavy atom. The molecule has 2 rings (SSSR count). The van der Waals surface area contributed by atoms with E-state index in [1.54, 1.807) is 0 Å². The number of hydrogen-bond acceptors (Lipinski definition) is 2. The monoisotopic (exact) mass is 233 g/mol. The fourth-order valence-electron chi connectivity index (χ4n) is 2.42. The molecule has 0 aliphatic heterocycles. The highest BCUT2D eigenvalue weighted by molar-refractivity contribution is 5.32. The maximum Gasteiger partial charge on any atom is 0.120 e. The van der Waals surface area contributed by atoms with Gasteiger partial charge in [0.05, 0.1) is 6.10 Å². The zero-order chi connectivity index (χ0) is 12.6. The Morgan fingerprint density at radius 1 is 1.35 bits per heavy atom. The average Bonchev–Trinajstić information content (AvgIpc) is 2.86. The molecule has 1 aromatic carbocycles. The molecule has 1 aliphatic carbocycles. The van der Waals surface area contributed by atoms with Crippen molar-refractivity contribution in [3.8, 4) is 5.75 Å². The van der Waals surface area contributed by atoms with E-state index in [1.807, 2.05) is 26.0 Å². The lowest BCUT2D eigenvalue weighted by Crippen LogP contribution is -2.15. The van der Waals surface area contributed by atoms with Crippen LogP contribution in [0.3, 0.4) is 0 Å². The van der Waals surface area contributed by atoms with E-state index >= 15 is 0 Å². The normalized spacial score (nSPS) is 23.5. The van der Waals surface area contributed by atoms with Gasteiger partial charge in [0.15, 0.2) is 0 Å². The van der Waals surface area contributed by atoms with Gasteiger partial charge < -0.3 is 10.5 Å². The summed E-state index contributed by atoms with van der Waals surface area (Å²) in [6.07, 6.45) is 1.43. The highest BCUT2D eigenvalue weighted by Crippen LogP contribution is 2.57. The summed E-state index contributed by atoms with van der Waals surface area (Å²) in [5.41, 5.74) is 7.92. The van der Waals surface area contributed by atoms with Gasteiger partial charge in [-0.15, -0.1) is 0 Å². The van der Waals surface area contributed by atoms with E-state index in [4.69, 9.17) is 10.5 Å². The second-order valence-electron chi connectivity index (χ2n) is 6.06. The van der Waals surface area contributed by atoms with Crippen molar-refractivity contribution in [3.05, 3.63) is 29.8 Å². The molecule has 0 saturated heterocycles. The van der Waals surface area contributed by atoms with Crippen LogP contribution in [0.15, 0.2) is 24.3 Å². The van der Waals surface area contributed by atoms with E-state index in [9.17, 15) is 0 Å². The Hall–Kier alpha value is -1.02. The summed E-state index contributed by atoms with van der Waals surface area (Å²) in [7, 11) is 0. The third kappa shape index (κ3) is 2.81. The molecule has 0 heterocycles. The molecular weight excluding hydrogens is 210 g/mol. The predicted molar refractivity (Wildman–Crippen MR) is 71.0 cm³/mol. The van der Waals surface area contributed by atoms with Gasteiger partial charge in [0, 0.05) is 6.04 Å². The minimum atomic E-state index is 0.140. The molecule has 0 spiro atoms. The smallest absolute Gasteiger partial charge is 0.120 e. The van der Waals surface area contributed by atoms with Crippen molar-refractivity contribution in [3.63, 3.8) is 0 Å². The number of rotatable bonds is 4. The van der Waals surface area contributed by atoms with E-state index in [0.717, 1.165) is 5.75 Å². The maximum absolute atomic E-state index is 6.32. The summed E-state index contributed by atoms with van der Waals surface area (Å²) >= 11 is 0. The first-order valence-electron chi connectivity index (χ1n) is 6.42. The third-order valence-electron chi connectivity index (χ3n) is 3.64. The van der Waals surface area contributed by atoms with Gasteiger partial charge in [0.1, 0.15) is 5.75 Å².